The molecule has 268 valence electrons. The van der Waals surface area contributed by atoms with E-state index in [1.54, 1.807) is 21.9 Å². The molecule has 3 aromatic rings. The molecule has 0 bridgehead atoms. The number of piperidine rings is 1. The standard InChI is InChI=1S/C40H47FN6O4/c41-31-13-9-10-28(22-31)23-35(44-37(49)34-24-29-11-7-8-12-30(29)25-42-34)38(50)45-20-18-40(19-21-45)39(51)46(27-47(40)33-16-5-2-6-17-33)26-36(48)43-32-14-3-1-4-15-32/h2,5-13,16-17,22,32,34-35,42H,1,3-4,14-15,18-21,23-27H2,(H,43,48)(H,44,49). The first-order valence-corrected chi connectivity index (χ1v) is 18.3. The molecule has 3 aliphatic heterocycles. The molecule has 51 heavy (non-hydrogen) atoms. The summed E-state index contributed by atoms with van der Waals surface area (Å²) in [5, 5.41) is 9.45. The third kappa shape index (κ3) is 7.63. The fourth-order valence-corrected chi connectivity index (χ4v) is 8.35. The summed E-state index contributed by atoms with van der Waals surface area (Å²) in [6.45, 7) is 1.41. The van der Waals surface area contributed by atoms with Gasteiger partial charge in [-0.3, -0.25) is 19.2 Å². The maximum atomic E-state index is 14.3. The molecule has 4 aliphatic rings. The van der Waals surface area contributed by atoms with Crippen LogP contribution in [0.5, 0.6) is 0 Å². The van der Waals surface area contributed by atoms with Crippen molar-refractivity contribution < 1.29 is 23.6 Å². The molecule has 11 heteroatoms. The van der Waals surface area contributed by atoms with Gasteiger partial charge in [0.1, 0.15) is 23.9 Å². The van der Waals surface area contributed by atoms with Gasteiger partial charge < -0.3 is 30.7 Å². The summed E-state index contributed by atoms with van der Waals surface area (Å²) >= 11 is 0. The minimum atomic E-state index is -0.920. The SMILES string of the molecule is O=C(CN1CN(c2ccccc2)C2(CCN(C(=O)C(Cc3cccc(F)c3)NC(=O)C3Cc4ccccc4CN3)CC2)C1=O)NC1CCCCC1. The number of para-hydroxylation sites is 1. The van der Waals surface area contributed by atoms with Crippen molar-refractivity contribution in [1.29, 1.82) is 0 Å². The van der Waals surface area contributed by atoms with Crippen LogP contribution in [0.1, 0.15) is 61.6 Å². The molecule has 1 aliphatic carbocycles. The molecule has 3 aromatic carbocycles. The number of benzene rings is 3. The summed E-state index contributed by atoms with van der Waals surface area (Å²) in [5.74, 6) is -1.20. The Kier molecular flexibility index (Phi) is 10.4. The number of halogens is 1. The molecule has 4 amide bonds. The van der Waals surface area contributed by atoms with Crippen molar-refractivity contribution in [2.75, 3.05) is 31.2 Å². The van der Waals surface area contributed by atoms with Gasteiger partial charge in [-0.1, -0.05) is 73.9 Å². The second-order valence-corrected chi connectivity index (χ2v) is 14.5. The van der Waals surface area contributed by atoms with E-state index in [-0.39, 0.29) is 49.3 Å². The van der Waals surface area contributed by atoms with Crippen molar-refractivity contribution in [3.05, 3.63) is 101 Å². The number of carbonyl (C=O) groups excluding carboxylic acids is 4. The lowest BCUT2D eigenvalue weighted by molar-refractivity contribution is -0.141. The van der Waals surface area contributed by atoms with Crippen molar-refractivity contribution in [2.45, 2.75) is 88.0 Å². The molecule has 2 unspecified atom stereocenters. The van der Waals surface area contributed by atoms with Crippen molar-refractivity contribution in [1.82, 2.24) is 25.8 Å². The highest BCUT2D eigenvalue weighted by atomic mass is 19.1. The Balaban J connectivity index is 1.06. The van der Waals surface area contributed by atoms with Gasteiger partial charge in [0, 0.05) is 37.8 Å². The Hall–Kier alpha value is -4.77. The predicted molar refractivity (Wildman–Crippen MR) is 192 cm³/mol. The third-order valence-electron chi connectivity index (χ3n) is 11.1. The highest BCUT2D eigenvalue weighted by Crippen LogP contribution is 2.39. The Morgan fingerprint density at radius 1 is 0.902 bits per heavy atom. The molecule has 7 rings (SSSR count). The van der Waals surface area contributed by atoms with E-state index >= 15 is 0 Å². The molecule has 1 saturated carbocycles. The minimum Gasteiger partial charge on any atom is -0.352 e. The number of rotatable bonds is 9. The number of amides is 4. The van der Waals surface area contributed by atoms with Crippen LogP contribution >= 0.6 is 0 Å². The summed E-state index contributed by atoms with van der Waals surface area (Å²) in [6.07, 6.45) is 6.71. The number of fused-ring (bicyclic) bond motifs is 1. The van der Waals surface area contributed by atoms with E-state index in [9.17, 15) is 23.6 Å². The van der Waals surface area contributed by atoms with E-state index in [0.717, 1.165) is 42.5 Å². The zero-order valence-corrected chi connectivity index (χ0v) is 29.0. The molecule has 0 radical (unpaired) electrons. The summed E-state index contributed by atoms with van der Waals surface area (Å²) in [6, 6.07) is 22.6. The molecule has 3 heterocycles. The fraction of sp³-hybridized carbons (Fsp3) is 0.450. The lowest BCUT2D eigenvalue weighted by atomic mass is 9.85. The van der Waals surface area contributed by atoms with E-state index in [1.807, 2.05) is 54.6 Å². The smallest absolute Gasteiger partial charge is 0.250 e. The van der Waals surface area contributed by atoms with Gasteiger partial charge >= 0.3 is 0 Å². The molecule has 10 nitrogen and oxygen atoms in total. The van der Waals surface area contributed by atoms with Crippen LogP contribution in [-0.2, 0) is 38.6 Å². The fourth-order valence-electron chi connectivity index (χ4n) is 8.35. The summed E-state index contributed by atoms with van der Waals surface area (Å²) in [5.41, 5.74) is 2.82. The van der Waals surface area contributed by atoms with Crippen molar-refractivity contribution in [2.24, 2.45) is 0 Å². The first-order chi connectivity index (χ1) is 24.8. The minimum absolute atomic E-state index is 0.00944. The Bertz CT molecular complexity index is 1740. The number of carbonyl (C=O) groups is 4. The van der Waals surface area contributed by atoms with Crippen LogP contribution in [0.25, 0.3) is 0 Å². The molecule has 3 N–H and O–H groups in total. The topological polar surface area (TPSA) is 114 Å². The molecular weight excluding hydrogens is 647 g/mol. The number of hydrogen-bond acceptors (Lipinski definition) is 6. The van der Waals surface area contributed by atoms with Gasteiger partial charge in [0.2, 0.25) is 17.7 Å². The van der Waals surface area contributed by atoms with Crippen LogP contribution in [0.4, 0.5) is 10.1 Å². The van der Waals surface area contributed by atoms with Crippen molar-refractivity contribution in [3.63, 3.8) is 0 Å². The third-order valence-corrected chi connectivity index (χ3v) is 11.1. The quantitative estimate of drug-likeness (QED) is 0.315. The highest BCUT2D eigenvalue weighted by Gasteiger charge is 2.54. The van der Waals surface area contributed by atoms with Gasteiger partial charge in [0.05, 0.1) is 12.7 Å². The molecule has 2 atom stereocenters. The lowest BCUT2D eigenvalue weighted by Gasteiger charge is -2.44. The van der Waals surface area contributed by atoms with E-state index in [4.69, 9.17) is 0 Å². The number of nitrogens with zero attached hydrogens (tertiary/aromatic N) is 3. The first kappa shape index (κ1) is 34.7. The van der Waals surface area contributed by atoms with Gasteiger partial charge in [-0.25, -0.2) is 4.39 Å². The van der Waals surface area contributed by atoms with E-state index < -0.39 is 23.4 Å². The van der Waals surface area contributed by atoms with Gasteiger partial charge in [0.15, 0.2) is 0 Å². The molecule has 2 saturated heterocycles. The molecule has 3 fully saturated rings. The zero-order chi connectivity index (χ0) is 35.4. The maximum absolute atomic E-state index is 14.3. The lowest BCUT2D eigenvalue weighted by Crippen LogP contribution is -2.60. The number of nitrogens with one attached hydrogen (secondary N) is 3. The van der Waals surface area contributed by atoms with E-state index in [1.165, 1.54) is 18.6 Å². The molecule has 1 spiro atoms. The monoisotopic (exact) mass is 694 g/mol. The molecule has 0 aromatic heterocycles. The van der Waals surface area contributed by atoms with Crippen LogP contribution in [0.15, 0.2) is 78.9 Å². The number of anilines is 1. The normalized spacial score (nSPS) is 20.9. The number of hydrogen-bond donors (Lipinski definition) is 3. The van der Waals surface area contributed by atoms with Crippen LogP contribution in [0, 0.1) is 5.82 Å². The van der Waals surface area contributed by atoms with Crippen LogP contribution < -0.4 is 20.9 Å². The van der Waals surface area contributed by atoms with E-state index in [2.05, 4.69) is 20.9 Å². The summed E-state index contributed by atoms with van der Waals surface area (Å²) in [7, 11) is 0. The van der Waals surface area contributed by atoms with Crippen LogP contribution in [0.3, 0.4) is 0 Å². The zero-order valence-electron chi connectivity index (χ0n) is 29.0. The maximum Gasteiger partial charge on any atom is 0.250 e. The Labute approximate surface area is 298 Å². The van der Waals surface area contributed by atoms with Crippen molar-refractivity contribution >= 4 is 29.3 Å². The first-order valence-electron chi connectivity index (χ1n) is 18.3. The van der Waals surface area contributed by atoms with Gasteiger partial charge in [-0.15, -0.1) is 0 Å². The average Bonchev–Trinajstić information content (AvgIpc) is 3.41. The predicted octanol–water partition coefficient (Wildman–Crippen LogP) is 3.68. The average molecular weight is 695 g/mol. The van der Waals surface area contributed by atoms with Crippen LogP contribution in [0.2, 0.25) is 0 Å². The largest absolute Gasteiger partial charge is 0.352 e. The summed E-state index contributed by atoms with van der Waals surface area (Å²) in [4.78, 5) is 60.8. The number of likely N-dealkylation sites (tertiary alicyclic amines) is 1. The Morgan fingerprint density at radius 2 is 1.63 bits per heavy atom. The van der Waals surface area contributed by atoms with Crippen LogP contribution in [-0.4, -0.2) is 83.4 Å². The molecular formula is C40H47FN6O4. The Morgan fingerprint density at radius 3 is 2.37 bits per heavy atom. The second kappa shape index (κ2) is 15.2. The second-order valence-electron chi connectivity index (χ2n) is 14.5. The van der Waals surface area contributed by atoms with Crippen molar-refractivity contribution in [3.8, 4) is 0 Å². The van der Waals surface area contributed by atoms with E-state index in [0.29, 0.717) is 44.5 Å². The summed E-state index contributed by atoms with van der Waals surface area (Å²) < 4.78 is 14.2. The highest BCUT2D eigenvalue weighted by molar-refractivity contribution is 5.97. The van der Waals surface area contributed by atoms with Gasteiger partial charge in [0.25, 0.3) is 5.91 Å². The van der Waals surface area contributed by atoms with Gasteiger partial charge in [-0.05, 0) is 73.1 Å². The van der Waals surface area contributed by atoms with Gasteiger partial charge in [-0.2, -0.15) is 0 Å².